The average Bonchev–Trinajstić information content (AvgIpc) is 2.35. The van der Waals surface area contributed by atoms with Gasteiger partial charge in [-0.3, -0.25) is 0 Å². The summed E-state index contributed by atoms with van der Waals surface area (Å²) >= 11 is 0. The number of hydrogen-bond donors (Lipinski definition) is 1. The lowest BCUT2D eigenvalue weighted by Gasteiger charge is -2.14. The molecular weight excluding hydrogens is 258 g/mol. The molecule has 1 nitrogen and oxygen atoms in total. The number of nitrogens with two attached hydrogens (primary N) is 1. The Kier molecular flexibility index (Phi) is 3.22. The van der Waals surface area contributed by atoms with Gasteiger partial charge in [0.25, 0.3) is 0 Å². The van der Waals surface area contributed by atoms with E-state index in [0.717, 1.165) is 6.07 Å². The van der Waals surface area contributed by atoms with E-state index in [1.807, 2.05) is 0 Å². The molecule has 2 aromatic carbocycles. The van der Waals surface area contributed by atoms with Crippen molar-refractivity contribution in [3.05, 3.63) is 53.3 Å². The molecule has 2 aromatic rings. The predicted octanol–water partition coefficient (Wildman–Crippen LogP) is 4.40. The summed E-state index contributed by atoms with van der Waals surface area (Å²) in [5.74, 6) is -0.725. The molecule has 19 heavy (non-hydrogen) atoms. The molecule has 0 bridgehead atoms. The number of halogens is 4. The summed E-state index contributed by atoms with van der Waals surface area (Å²) in [4.78, 5) is 0. The number of nitrogen functional groups attached to an aromatic ring is 1. The molecule has 0 saturated heterocycles. The highest BCUT2D eigenvalue weighted by Gasteiger charge is 2.34. The molecular formula is C14H11F4N. The molecule has 100 valence electrons. The van der Waals surface area contributed by atoms with Crippen LogP contribution in [0, 0.1) is 12.7 Å². The summed E-state index contributed by atoms with van der Waals surface area (Å²) in [6, 6.07) is 7.56. The largest absolute Gasteiger partial charge is 0.417 e. The first-order valence-electron chi connectivity index (χ1n) is 5.53. The Bertz CT molecular complexity index is 617. The van der Waals surface area contributed by atoms with Crippen molar-refractivity contribution in [3.8, 4) is 11.1 Å². The van der Waals surface area contributed by atoms with Gasteiger partial charge < -0.3 is 5.73 Å². The van der Waals surface area contributed by atoms with Gasteiger partial charge in [-0.2, -0.15) is 13.2 Å². The molecule has 0 aliphatic heterocycles. The molecule has 0 fully saturated rings. The van der Waals surface area contributed by atoms with E-state index in [9.17, 15) is 17.6 Å². The van der Waals surface area contributed by atoms with Crippen LogP contribution in [0.5, 0.6) is 0 Å². The highest BCUT2D eigenvalue weighted by Crippen LogP contribution is 2.38. The van der Waals surface area contributed by atoms with E-state index in [2.05, 4.69) is 0 Å². The molecule has 0 amide bonds. The smallest absolute Gasteiger partial charge is 0.398 e. The van der Waals surface area contributed by atoms with Crippen LogP contribution in [0.15, 0.2) is 36.4 Å². The molecule has 2 rings (SSSR count). The minimum atomic E-state index is -4.53. The van der Waals surface area contributed by atoms with Crippen LogP contribution in [0.25, 0.3) is 11.1 Å². The summed E-state index contributed by atoms with van der Waals surface area (Å²) in [7, 11) is 0. The Balaban J connectivity index is 2.70. The van der Waals surface area contributed by atoms with Crippen LogP contribution in [-0.4, -0.2) is 0 Å². The Morgan fingerprint density at radius 3 is 2.21 bits per heavy atom. The number of anilines is 1. The zero-order chi connectivity index (χ0) is 14.2. The maximum absolute atomic E-state index is 14.1. The van der Waals surface area contributed by atoms with Gasteiger partial charge in [0.15, 0.2) is 0 Å². The lowest BCUT2D eigenvalue weighted by Crippen LogP contribution is -2.08. The van der Waals surface area contributed by atoms with Crippen LogP contribution in [0.3, 0.4) is 0 Å². The van der Waals surface area contributed by atoms with Crippen molar-refractivity contribution in [1.29, 1.82) is 0 Å². The van der Waals surface area contributed by atoms with Crippen LogP contribution >= 0.6 is 0 Å². The fourth-order valence-corrected chi connectivity index (χ4v) is 1.87. The molecule has 0 aliphatic carbocycles. The Morgan fingerprint density at radius 2 is 1.58 bits per heavy atom. The van der Waals surface area contributed by atoms with Crippen molar-refractivity contribution < 1.29 is 17.6 Å². The Hall–Kier alpha value is -2.04. The van der Waals surface area contributed by atoms with Gasteiger partial charge in [-0.05, 0) is 30.7 Å². The fourth-order valence-electron chi connectivity index (χ4n) is 1.87. The first-order valence-corrected chi connectivity index (χ1v) is 5.53. The van der Waals surface area contributed by atoms with Crippen LogP contribution < -0.4 is 5.73 Å². The third-order valence-corrected chi connectivity index (χ3v) is 2.95. The maximum Gasteiger partial charge on any atom is 0.417 e. The van der Waals surface area contributed by atoms with Crippen LogP contribution in [-0.2, 0) is 6.18 Å². The molecule has 0 saturated carbocycles. The standard InChI is InChI=1S/C14H11F4N/c1-8-12(19)7-6-10(13(8)15)9-4-2-3-5-11(9)14(16,17)18/h2-7H,19H2,1H3. The lowest BCUT2D eigenvalue weighted by molar-refractivity contribution is -0.137. The number of hydrogen-bond acceptors (Lipinski definition) is 1. The molecule has 5 heteroatoms. The van der Waals surface area contributed by atoms with E-state index < -0.39 is 17.6 Å². The molecule has 0 aliphatic rings. The second-order valence-electron chi connectivity index (χ2n) is 4.18. The summed E-state index contributed by atoms with van der Waals surface area (Å²) in [6.07, 6.45) is -4.53. The summed E-state index contributed by atoms with van der Waals surface area (Å²) in [5.41, 5.74) is 4.75. The second kappa shape index (κ2) is 4.57. The van der Waals surface area contributed by atoms with Gasteiger partial charge in [-0.25, -0.2) is 4.39 Å². The first kappa shape index (κ1) is 13.4. The zero-order valence-electron chi connectivity index (χ0n) is 10.1. The SMILES string of the molecule is Cc1c(N)ccc(-c2ccccc2C(F)(F)F)c1F. The van der Waals surface area contributed by atoms with Gasteiger partial charge in [-0.1, -0.05) is 18.2 Å². The molecule has 0 radical (unpaired) electrons. The number of alkyl halides is 3. The van der Waals surface area contributed by atoms with Crippen molar-refractivity contribution in [2.75, 3.05) is 5.73 Å². The summed E-state index contributed by atoms with van der Waals surface area (Å²) in [6.45, 7) is 1.43. The molecule has 0 unspecified atom stereocenters. The zero-order valence-corrected chi connectivity index (χ0v) is 10.1. The van der Waals surface area contributed by atoms with E-state index in [-0.39, 0.29) is 22.4 Å². The molecule has 0 aromatic heterocycles. The average molecular weight is 269 g/mol. The summed E-state index contributed by atoms with van der Waals surface area (Å²) in [5, 5.41) is 0. The monoisotopic (exact) mass is 269 g/mol. The molecule has 0 heterocycles. The van der Waals surface area contributed by atoms with Gasteiger partial charge in [0.2, 0.25) is 0 Å². The van der Waals surface area contributed by atoms with E-state index in [4.69, 9.17) is 5.73 Å². The molecule has 0 spiro atoms. The molecule has 2 N–H and O–H groups in total. The van der Waals surface area contributed by atoms with Gasteiger partial charge >= 0.3 is 6.18 Å². The second-order valence-corrected chi connectivity index (χ2v) is 4.18. The van der Waals surface area contributed by atoms with Gasteiger partial charge in [-0.15, -0.1) is 0 Å². The van der Waals surface area contributed by atoms with Crippen molar-refractivity contribution in [1.82, 2.24) is 0 Å². The third-order valence-electron chi connectivity index (χ3n) is 2.95. The van der Waals surface area contributed by atoms with Crippen molar-refractivity contribution in [2.24, 2.45) is 0 Å². The number of rotatable bonds is 1. The highest BCUT2D eigenvalue weighted by atomic mass is 19.4. The van der Waals surface area contributed by atoms with Crippen LogP contribution in [0.4, 0.5) is 23.2 Å². The normalized spacial score (nSPS) is 11.6. The van der Waals surface area contributed by atoms with Crippen LogP contribution in [0.2, 0.25) is 0 Å². The van der Waals surface area contributed by atoms with E-state index in [1.165, 1.54) is 37.3 Å². The maximum atomic E-state index is 14.1. The van der Waals surface area contributed by atoms with Gasteiger partial charge in [0.1, 0.15) is 5.82 Å². The van der Waals surface area contributed by atoms with Crippen LogP contribution in [0.1, 0.15) is 11.1 Å². The minimum Gasteiger partial charge on any atom is -0.398 e. The van der Waals surface area contributed by atoms with Gasteiger partial charge in [0.05, 0.1) is 5.56 Å². The number of benzene rings is 2. The highest BCUT2D eigenvalue weighted by molar-refractivity contribution is 5.72. The lowest BCUT2D eigenvalue weighted by atomic mass is 9.96. The van der Waals surface area contributed by atoms with E-state index >= 15 is 0 Å². The van der Waals surface area contributed by atoms with E-state index in [0.29, 0.717) is 0 Å². The molecule has 0 atom stereocenters. The third kappa shape index (κ3) is 2.41. The predicted molar refractivity (Wildman–Crippen MR) is 66.0 cm³/mol. The van der Waals surface area contributed by atoms with Crippen molar-refractivity contribution >= 4 is 5.69 Å². The van der Waals surface area contributed by atoms with Gasteiger partial charge in [0, 0.05) is 16.8 Å². The van der Waals surface area contributed by atoms with Crippen molar-refractivity contribution in [3.63, 3.8) is 0 Å². The Morgan fingerprint density at radius 1 is 0.947 bits per heavy atom. The van der Waals surface area contributed by atoms with E-state index in [1.54, 1.807) is 0 Å². The first-order chi connectivity index (χ1) is 8.82. The quantitative estimate of drug-likeness (QED) is 0.602. The summed E-state index contributed by atoms with van der Waals surface area (Å²) < 4.78 is 52.8. The van der Waals surface area contributed by atoms with Crippen molar-refractivity contribution in [2.45, 2.75) is 13.1 Å². The Labute approximate surface area is 107 Å². The minimum absolute atomic E-state index is 0.0976. The topological polar surface area (TPSA) is 26.0 Å². The fraction of sp³-hybridized carbons (Fsp3) is 0.143.